The molecule has 1 aliphatic rings. The number of rotatable bonds is 6. The van der Waals surface area contributed by atoms with Crippen LogP contribution in [0.1, 0.15) is 54.9 Å². The van der Waals surface area contributed by atoms with Crippen molar-refractivity contribution in [1.29, 1.82) is 0 Å². The monoisotopic (exact) mass is 515 g/mol. The van der Waals surface area contributed by atoms with Gasteiger partial charge in [0.2, 0.25) is 0 Å². The number of benzene rings is 2. The molecule has 1 fully saturated rings. The number of fused-ring (bicyclic) bond motifs is 1. The molecule has 38 heavy (non-hydrogen) atoms. The molecular weight excluding hydrogens is 478 g/mol. The van der Waals surface area contributed by atoms with Gasteiger partial charge in [-0.25, -0.2) is 4.68 Å². The Hall–Kier alpha value is -3.56. The number of piperazine rings is 1. The van der Waals surface area contributed by atoms with Gasteiger partial charge in [0.25, 0.3) is 5.56 Å². The molecule has 5 rings (SSSR count). The van der Waals surface area contributed by atoms with Gasteiger partial charge >= 0.3 is 0 Å². The summed E-state index contributed by atoms with van der Waals surface area (Å²) >= 11 is 0. The summed E-state index contributed by atoms with van der Waals surface area (Å²) < 4.78 is 7.25. The van der Waals surface area contributed by atoms with Gasteiger partial charge in [-0.05, 0) is 97.5 Å². The Bertz CT molecular complexity index is 1490. The maximum Gasteiger partial charge on any atom is 0.253 e. The topological polar surface area (TPSA) is 92.2 Å². The zero-order valence-corrected chi connectivity index (χ0v) is 23.2. The van der Waals surface area contributed by atoms with Gasteiger partial charge in [0, 0.05) is 43.8 Å². The maximum atomic E-state index is 13.6. The van der Waals surface area contributed by atoms with E-state index in [-0.39, 0.29) is 17.1 Å². The van der Waals surface area contributed by atoms with Crippen LogP contribution in [0.15, 0.2) is 47.3 Å². The molecule has 0 amide bonds. The predicted molar refractivity (Wildman–Crippen MR) is 149 cm³/mol. The number of tetrazole rings is 1. The Morgan fingerprint density at radius 2 is 1.76 bits per heavy atom. The average molecular weight is 516 g/mol. The smallest absolute Gasteiger partial charge is 0.253 e. The Labute approximate surface area is 223 Å². The second kappa shape index (κ2) is 10.3. The molecular formula is C29H37N7O2. The van der Waals surface area contributed by atoms with Gasteiger partial charge in [0.15, 0.2) is 5.82 Å². The summed E-state index contributed by atoms with van der Waals surface area (Å²) in [5.74, 6) is 1.56. The van der Waals surface area contributed by atoms with E-state index < -0.39 is 0 Å². The second-order valence-electron chi connectivity index (χ2n) is 11.3. The zero-order valence-electron chi connectivity index (χ0n) is 23.2. The summed E-state index contributed by atoms with van der Waals surface area (Å²) in [6.07, 6.45) is 0. The lowest BCUT2D eigenvalue weighted by Gasteiger charge is -2.39. The summed E-state index contributed by atoms with van der Waals surface area (Å²) in [5, 5.41) is 13.9. The lowest BCUT2D eigenvalue weighted by Crippen LogP contribution is -2.49. The summed E-state index contributed by atoms with van der Waals surface area (Å²) in [7, 11) is 1.69. The van der Waals surface area contributed by atoms with Crippen LogP contribution in [0.25, 0.3) is 10.9 Å². The predicted octanol–water partition coefficient (Wildman–Crippen LogP) is 3.80. The quantitative estimate of drug-likeness (QED) is 0.418. The van der Waals surface area contributed by atoms with Crippen LogP contribution in [0.3, 0.4) is 0 Å². The van der Waals surface area contributed by atoms with Crippen molar-refractivity contribution in [2.45, 2.75) is 52.7 Å². The Kier molecular flexibility index (Phi) is 7.07. The first-order chi connectivity index (χ1) is 18.1. The number of aryl methyl sites for hydroxylation is 2. The molecule has 3 heterocycles. The second-order valence-corrected chi connectivity index (χ2v) is 11.3. The minimum atomic E-state index is -0.363. The molecule has 2 aromatic carbocycles. The van der Waals surface area contributed by atoms with Crippen LogP contribution in [-0.4, -0.2) is 68.3 Å². The third-order valence-corrected chi connectivity index (χ3v) is 7.47. The van der Waals surface area contributed by atoms with E-state index in [1.807, 2.05) is 28.9 Å². The van der Waals surface area contributed by atoms with Gasteiger partial charge in [-0.1, -0.05) is 12.1 Å². The van der Waals surface area contributed by atoms with Crippen molar-refractivity contribution < 1.29 is 4.74 Å². The molecule has 0 radical (unpaired) electrons. The number of methoxy groups -OCH3 is 1. The van der Waals surface area contributed by atoms with Crippen molar-refractivity contribution in [3.05, 3.63) is 80.9 Å². The number of hydrogen-bond acceptors (Lipinski definition) is 7. The van der Waals surface area contributed by atoms with E-state index in [1.54, 1.807) is 7.11 Å². The van der Waals surface area contributed by atoms with Crippen LogP contribution in [0.2, 0.25) is 0 Å². The summed E-state index contributed by atoms with van der Waals surface area (Å²) in [6, 6.07) is 14.1. The molecule has 1 aliphatic heterocycles. The van der Waals surface area contributed by atoms with E-state index in [0.717, 1.165) is 54.9 Å². The first-order valence-corrected chi connectivity index (χ1v) is 13.2. The maximum absolute atomic E-state index is 13.6. The molecule has 9 heteroatoms. The molecule has 0 aliphatic carbocycles. The van der Waals surface area contributed by atoms with Crippen LogP contribution >= 0.6 is 0 Å². The molecule has 1 N–H and O–H groups in total. The summed E-state index contributed by atoms with van der Waals surface area (Å²) in [4.78, 5) is 21.5. The van der Waals surface area contributed by atoms with Crippen molar-refractivity contribution in [2.24, 2.45) is 0 Å². The molecule has 2 aromatic heterocycles. The number of pyridine rings is 1. The first-order valence-electron chi connectivity index (χ1n) is 13.2. The van der Waals surface area contributed by atoms with Crippen LogP contribution in [0, 0.1) is 13.8 Å². The van der Waals surface area contributed by atoms with E-state index in [4.69, 9.17) is 4.74 Å². The fourth-order valence-electron chi connectivity index (χ4n) is 5.25. The number of nitrogens with zero attached hydrogens (tertiary/aromatic N) is 6. The van der Waals surface area contributed by atoms with Gasteiger partial charge < -0.3 is 9.72 Å². The number of hydrogen-bond donors (Lipinski definition) is 1. The highest BCUT2D eigenvalue weighted by Gasteiger charge is 2.35. The van der Waals surface area contributed by atoms with E-state index in [9.17, 15) is 4.79 Å². The van der Waals surface area contributed by atoms with Crippen molar-refractivity contribution in [1.82, 2.24) is 35.0 Å². The minimum absolute atomic E-state index is 0.104. The number of nitrogens with one attached hydrogen (secondary N) is 1. The van der Waals surface area contributed by atoms with Crippen molar-refractivity contribution in [3.8, 4) is 5.75 Å². The van der Waals surface area contributed by atoms with Crippen LogP contribution in [0.5, 0.6) is 5.75 Å². The standard InChI is InChI=1S/C29H37N7O2/c1-19-14-22-17-24(28(37)30-25(22)15-20(19)2)26(27-31-32-33-36(27)29(3,4)5)35-12-10-34(11-13-35)18-21-8-7-9-23(16-21)38-6/h7-9,14-17,26H,10-13,18H2,1-6H3,(H,30,37)/t26-/m1/s1. The SMILES string of the molecule is COc1cccc(CN2CCN([C@H](c3cc4cc(C)c(C)cc4[nH]c3=O)c3nnnn3C(C)(C)C)CC2)c1. The number of aromatic nitrogens is 5. The van der Waals surface area contributed by atoms with Crippen LogP contribution < -0.4 is 10.3 Å². The van der Waals surface area contributed by atoms with E-state index in [1.165, 1.54) is 11.1 Å². The molecule has 0 spiro atoms. The number of H-pyrrole nitrogens is 1. The molecule has 1 saturated heterocycles. The van der Waals surface area contributed by atoms with E-state index in [0.29, 0.717) is 11.4 Å². The number of ether oxygens (including phenoxy) is 1. The Balaban J connectivity index is 1.49. The van der Waals surface area contributed by atoms with Gasteiger partial charge in [0.05, 0.1) is 12.6 Å². The fraction of sp³-hybridized carbons (Fsp3) is 0.448. The van der Waals surface area contributed by atoms with Gasteiger partial charge in [-0.15, -0.1) is 5.10 Å². The minimum Gasteiger partial charge on any atom is -0.497 e. The Morgan fingerprint density at radius 1 is 1.03 bits per heavy atom. The first kappa shape index (κ1) is 26.1. The highest BCUT2D eigenvalue weighted by molar-refractivity contribution is 5.81. The zero-order chi connectivity index (χ0) is 27.0. The van der Waals surface area contributed by atoms with Crippen molar-refractivity contribution in [2.75, 3.05) is 33.3 Å². The fourth-order valence-corrected chi connectivity index (χ4v) is 5.25. The largest absolute Gasteiger partial charge is 0.497 e. The van der Waals surface area contributed by atoms with E-state index in [2.05, 4.69) is 83.1 Å². The Morgan fingerprint density at radius 3 is 2.47 bits per heavy atom. The molecule has 0 bridgehead atoms. The highest BCUT2D eigenvalue weighted by Crippen LogP contribution is 2.31. The summed E-state index contributed by atoms with van der Waals surface area (Å²) in [6.45, 7) is 14.6. The molecule has 9 nitrogen and oxygen atoms in total. The molecule has 1 atom stereocenters. The average Bonchev–Trinajstić information content (AvgIpc) is 3.37. The van der Waals surface area contributed by atoms with Gasteiger partial charge in [-0.2, -0.15) is 0 Å². The van der Waals surface area contributed by atoms with Gasteiger partial charge in [0.1, 0.15) is 11.8 Å². The molecule has 4 aromatic rings. The van der Waals surface area contributed by atoms with Crippen molar-refractivity contribution >= 4 is 10.9 Å². The van der Waals surface area contributed by atoms with Crippen LogP contribution in [0.4, 0.5) is 0 Å². The van der Waals surface area contributed by atoms with E-state index >= 15 is 0 Å². The lowest BCUT2D eigenvalue weighted by molar-refractivity contribution is 0.0975. The highest BCUT2D eigenvalue weighted by atomic mass is 16.5. The third-order valence-electron chi connectivity index (χ3n) is 7.47. The van der Waals surface area contributed by atoms with Crippen molar-refractivity contribution in [3.63, 3.8) is 0 Å². The molecule has 0 saturated carbocycles. The van der Waals surface area contributed by atoms with Crippen LogP contribution in [-0.2, 0) is 12.1 Å². The number of aromatic amines is 1. The third kappa shape index (κ3) is 5.21. The summed E-state index contributed by atoms with van der Waals surface area (Å²) in [5.41, 5.74) is 4.65. The van der Waals surface area contributed by atoms with Gasteiger partial charge in [-0.3, -0.25) is 14.6 Å². The molecule has 200 valence electrons. The molecule has 0 unspecified atom stereocenters. The normalized spacial score (nSPS) is 16.2. The lowest BCUT2D eigenvalue weighted by atomic mass is 9.99.